The summed E-state index contributed by atoms with van der Waals surface area (Å²) in [7, 11) is 0. The molecule has 0 aliphatic heterocycles. The number of hydrogen-bond donors (Lipinski definition) is 1. The van der Waals surface area contributed by atoms with E-state index in [-0.39, 0.29) is 11.5 Å². The van der Waals surface area contributed by atoms with Gasteiger partial charge in [-0.15, -0.1) is 0 Å². The SMILES string of the molecule is O=C(O)c1cn(-c2ccc(F)cc2)c(-c2ccccc2Cl)n1. The Labute approximate surface area is 130 Å². The predicted molar refractivity (Wildman–Crippen MR) is 80.9 cm³/mol. The smallest absolute Gasteiger partial charge is 0.356 e. The predicted octanol–water partition coefficient (Wildman–Crippen LogP) is 4.03. The number of aromatic nitrogens is 2. The summed E-state index contributed by atoms with van der Waals surface area (Å²) < 4.78 is 14.7. The summed E-state index contributed by atoms with van der Waals surface area (Å²) >= 11 is 6.17. The zero-order chi connectivity index (χ0) is 15.7. The van der Waals surface area contributed by atoms with Crippen LogP contribution in [0.1, 0.15) is 10.5 Å². The number of hydrogen-bond acceptors (Lipinski definition) is 2. The molecule has 4 nitrogen and oxygen atoms in total. The minimum Gasteiger partial charge on any atom is -0.476 e. The van der Waals surface area contributed by atoms with Crippen molar-refractivity contribution in [2.24, 2.45) is 0 Å². The van der Waals surface area contributed by atoms with E-state index in [9.17, 15) is 9.18 Å². The summed E-state index contributed by atoms with van der Waals surface area (Å²) in [6.45, 7) is 0. The van der Waals surface area contributed by atoms with Crippen LogP contribution in [0, 0.1) is 5.82 Å². The van der Waals surface area contributed by atoms with Gasteiger partial charge in [0.1, 0.15) is 11.6 Å². The first-order valence-corrected chi connectivity index (χ1v) is 6.77. The molecule has 0 aliphatic rings. The Bertz CT molecular complexity index is 844. The van der Waals surface area contributed by atoms with Crippen LogP contribution in [0.3, 0.4) is 0 Å². The second kappa shape index (κ2) is 5.61. The fourth-order valence-corrected chi connectivity index (χ4v) is 2.33. The van der Waals surface area contributed by atoms with Gasteiger partial charge in [0.05, 0.1) is 5.02 Å². The largest absolute Gasteiger partial charge is 0.476 e. The molecule has 0 unspecified atom stereocenters. The number of carbonyl (C=O) groups is 1. The highest BCUT2D eigenvalue weighted by Gasteiger charge is 2.17. The molecule has 0 amide bonds. The number of benzene rings is 2. The van der Waals surface area contributed by atoms with E-state index in [1.807, 2.05) is 0 Å². The summed E-state index contributed by atoms with van der Waals surface area (Å²) in [4.78, 5) is 15.3. The molecule has 0 spiro atoms. The third-order valence-electron chi connectivity index (χ3n) is 3.14. The Morgan fingerprint density at radius 3 is 2.45 bits per heavy atom. The van der Waals surface area contributed by atoms with Gasteiger partial charge in [-0.25, -0.2) is 14.2 Å². The van der Waals surface area contributed by atoms with E-state index in [0.29, 0.717) is 22.1 Å². The lowest BCUT2D eigenvalue weighted by molar-refractivity contribution is 0.0691. The average Bonchev–Trinajstić information content (AvgIpc) is 2.94. The summed E-state index contributed by atoms with van der Waals surface area (Å²) in [6.07, 6.45) is 1.38. The molecule has 1 aromatic heterocycles. The second-order valence-corrected chi connectivity index (χ2v) is 4.99. The van der Waals surface area contributed by atoms with Crippen LogP contribution in [0.5, 0.6) is 0 Å². The monoisotopic (exact) mass is 316 g/mol. The molecule has 0 fully saturated rings. The van der Waals surface area contributed by atoms with Gasteiger partial charge in [0.2, 0.25) is 0 Å². The van der Waals surface area contributed by atoms with E-state index < -0.39 is 5.97 Å². The van der Waals surface area contributed by atoms with Crippen LogP contribution in [0.4, 0.5) is 4.39 Å². The summed E-state index contributed by atoms with van der Waals surface area (Å²) in [5.41, 5.74) is 1.08. The maximum Gasteiger partial charge on any atom is 0.356 e. The highest BCUT2D eigenvalue weighted by molar-refractivity contribution is 6.33. The van der Waals surface area contributed by atoms with E-state index >= 15 is 0 Å². The lowest BCUT2D eigenvalue weighted by Crippen LogP contribution is -1.96. The molecular formula is C16H10ClFN2O2. The number of rotatable bonds is 3. The molecule has 6 heteroatoms. The van der Waals surface area contributed by atoms with Gasteiger partial charge in [-0.1, -0.05) is 23.7 Å². The Kier molecular flexibility index (Phi) is 3.65. The Morgan fingerprint density at radius 2 is 1.82 bits per heavy atom. The normalized spacial score (nSPS) is 10.6. The van der Waals surface area contributed by atoms with Crippen LogP contribution in [0.25, 0.3) is 17.1 Å². The number of imidazole rings is 1. The van der Waals surface area contributed by atoms with Crippen LogP contribution in [-0.2, 0) is 0 Å². The molecule has 0 aliphatic carbocycles. The maximum absolute atomic E-state index is 13.1. The van der Waals surface area contributed by atoms with Crippen molar-refractivity contribution in [2.45, 2.75) is 0 Å². The van der Waals surface area contributed by atoms with Crippen molar-refractivity contribution in [3.8, 4) is 17.1 Å². The average molecular weight is 317 g/mol. The third-order valence-corrected chi connectivity index (χ3v) is 3.47. The van der Waals surface area contributed by atoms with Gasteiger partial charge in [-0.2, -0.15) is 0 Å². The van der Waals surface area contributed by atoms with Crippen molar-refractivity contribution < 1.29 is 14.3 Å². The molecule has 0 bridgehead atoms. The van der Waals surface area contributed by atoms with E-state index in [1.165, 1.54) is 18.3 Å². The fraction of sp³-hybridized carbons (Fsp3) is 0. The summed E-state index contributed by atoms with van der Waals surface area (Å²) in [5.74, 6) is -1.13. The highest BCUT2D eigenvalue weighted by Crippen LogP contribution is 2.29. The molecule has 3 rings (SSSR count). The van der Waals surface area contributed by atoms with Crippen molar-refractivity contribution >= 4 is 17.6 Å². The fourth-order valence-electron chi connectivity index (χ4n) is 2.11. The zero-order valence-electron chi connectivity index (χ0n) is 11.2. The standard InChI is InChI=1S/C16H10ClFN2O2/c17-13-4-2-1-3-12(13)15-19-14(16(21)22)9-20(15)11-7-5-10(18)6-8-11/h1-9H,(H,21,22). The Balaban J connectivity index is 2.23. The molecule has 1 N–H and O–H groups in total. The molecule has 3 aromatic rings. The summed E-state index contributed by atoms with van der Waals surface area (Å²) in [5, 5.41) is 9.61. The number of halogens is 2. The minimum absolute atomic E-state index is 0.112. The van der Waals surface area contributed by atoms with Gasteiger partial charge in [0, 0.05) is 17.4 Å². The quantitative estimate of drug-likeness (QED) is 0.793. The first-order chi connectivity index (χ1) is 10.6. The third kappa shape index (κ3) is 2.58. The molecule has 0 radical (unpaired) electrons. The molecule has 2 aromatic carbocycles. The van der Waals surface area contributed by atoms with Gasteiger partial charge in [0.15, 0.2) is 5.69 Å². The van der Waals surface area contributed by atoms with E-state index in [0.717, 1.165) is 0 Å². The number of carboxylic acids is 1. The number of aromatic carboxylic acids is 1. The van der Waals surface area contributed by atoms with Crippen LogP contribution >= 0.6 is 11.6 Å². The van der Waals surface area contributed by atoms with Crippen LogP contribution in [0.2, 0.25) is 5.02 Å². The van der Waals surface area contributed by atoms with Crippen molar-refractivity contribution in [2.75, 3.05) is 0 Å². The van der Waals surface area contributed by atoms with Gasteiger partial charge in [-0.05, 0) is 36.4 Å². The van der Waals surface area contributed by atoms with E-state index in [4.69, 9.17) is 16.7 Å². The first kappa shape index (κ1) is 14.3. The van der Waals surface area contributed by atoms with E-state index in [2.05, 4.69) is 4.98 Å². The van der Waals surface area contributed by atoms with Crippen molar-refractivity contribution in [1.82, 2.24) is 9.55 Å². The molecular weight excluding hydrogens is 307 g/mol. The number of nitrogens with zero attached hydrogens (tertiary/aromatic N) is 2. The highest BCUT2D eigenvalue weighted by atomic mass is 35.5. The maximum atomic E-state index is 13.1. The number of carboxylic acid groups (broad SMARTS) is 1. The minimum atomic E-state index is -1.14. The van der Waals surface area contributed by atoms with Crippen molar-refractivity contribution in [3.63, 3.8) is 0 Å². The van der Waals surface area contributed by atoms with E-state index in [1.54, 1.807) is 41.0 Å². The van der Waals surface area contributed by atoms with Gasteiger partial charge >= 0.3 is 5.97 Å². The lowest BCUT2D eigenvalue weighted by atomic mass is 10.2. The van der Waals surface area contributed by atoms with Crippen molar-refractivity contribution in [3.05, 3.63) is 71.3 Å². The lowest BCUT2D eigenvalue weighted by Gasteiger charge is -2.08. The second-order valence-electron chi connectivity index (χ2n) is 4.58. The summed E-state index contributed by atoms with van der Waals surface area (Å²) in [6, 6.07) is 12.7. The van der Waals surface area contributed by atoms with Crippen LogP contribution < -0.4 is 0 Å². The molecule has 0 saturated carbocycles. The van der Waals surface area contributed by atoms with Gasteiger partial charge in [0.25, 0.3) is 0 Å². The van der Waals surface area contributed by atoms with Crippen LogP contribution in [0.15, 0.2) is 54.7 Å². The van der Waals surface area contributed by atoms with Crippen molar-refractivity contribution in [1.29, 1.82) is 0 Å². The Hall–Kier alpha value is -2.66. The topological polar surface area (TPSA) is 55.1 Å². The Morgan fingerprint density at radius 1 is 1.14 bits per heavy atom. The molecule has 1 heterocycles. The van der Waals surface area contributed by atoms with Crippen LogP contribution in [-0.4, -0.2) is 20.6 Å². The molecule has 110 valence electrons. The van der Waals surface area contributed by atoms with Gasteiger partial charge in [-0.3, -0.25) is 4.57 Å². The molecule has 22 heavy (non-hydrogen) atoms. The van der Waals surface area contributed by atoms with Gasteiger partial charge < -0.3 is 5.11 Å². The first-order valence-electron chi connectivity index (χ1n) is 6.40. The zero-order valence-corrected chi connectivity index (χ0v) is 12.0. The molecule has 0 saturated heterocycles. The molecule has 0 atom stereocenters.